The Morgan fingerprint density at radius 3 is 2.35 bits per heavy atom. The summed E-state index contributed by atoms with van der Waals surface area (Å²) in [6.07, 6.45) is 3.12. The van der Waals surface area contributed by atoms with Gasteiger partial charge in [0.25, 0.3) is 0 Å². The van der Waals surface area contributed by atoms with Gasteiger partial charge in [-0.15, -0.1) is 0 Å². The van der Waals surface area contributed by atoms with Crippen LogP contribution in [0.3, 0.4) is 0 Å². The molecule has 0 amide bonds. The van der Waals surface area contributed by atoms with Crippen molar-refractivity contribution in [2.45, 2.75) is 33.1 Å². The maximum atomic E-state index is 6.00. The molecule has 3 aromatic rings. The average molecular weight is 325 g/mol. The Balaban J connectivity index is 2.10. The van der Waals surface area contributed by atoms with Gasteiger partial charge in [-0.2, -0.15) is 5.10 Å². The van der Waals surface area contributed by atoms with E-state index >= 15 is 0 Å². The fraction of sp³-hybridized carbons (Fsp3) is 0.250. The smallest absolute Gasteiger partial charge is 0.0680 e. The zero-order chi connectivity index (χ0) is 16.4. The lowest BCUT2D eigenvalue weighted by atomic mass is 9.93. The van der Waals surface area contributed by atoms with Crippen LogP contribution in [0.5, 0.6) is 0 Å². The van der Waals surface area contributed by atoms with Gasteiger partial charge in [-0.25, -0.2) is 4.68 Å². The highest BCUT2D eigenvalue weighted by atomic mass is 35.5. The van der Waals surface area contributed by atoms with Crippen LogP contribution in [-0.4, -0.2) is 9.78 Å². The molecule has 3 rings (SSSR count). The molecule has 1 heterocycles. The van der Waals surface area contributed by atoms with Crippen LogP contribution in [0.1, 0.15) is 37.4 Å². The minimum Gasteiger partial charge on any atom is -0.240 e. The summed E-state index contributed by atoms with van der Waals surface area (Å²) in [6, 6.07) is 16.6. The lowest BCUT2D eigenvalue weighted by Gasteiger charge is -2.17. The first-order valence-electron chi connectivity index (χ1n) is 8.01. The van der Waals surface area contributed by atoms with Gasteiger partial charge in [0.05, 0.1) is 11.4 Å². The molecule has 0 bridgehead atoms. The van der Waals surface area contributed by atoms with E-state index in [1.54, 1.807) is 0 Å². The molecule has 0 saturated heterocycles. The van der Waals surface area contributed by atoms with Gasteiger partial charge in [-0.1, -0.05) is 43.6 Å². The van der Waals surface area contributed by atoms with Crippen LogP contribution in [-0.2, 0) is 0 Å². The molecular formula is C20H21ClN2. The van der Waals surface area contributed by atoms with E-state index in [2.05, 4.69) is 49.3 Å². The number of nitrogens with zero attached hydrogens (tertiary/aromatic N) is 2. The van der Waals surface area contributed by atoms with Gasteiger partial charge in [0.15, 0.2) is 0 Å². The van der Waals surface area contributed by atoms with Gasteiger partial charge in [0.1, 0.15) is 0 Å². The van der Waals surface area contributed by atoms with Crippen molar-refractivity contribution in [3.05, 3.63) is 71.0 Å². The summed E-state index contributed by atoms with van der Waals surface area (Å²) in [5.41, 5.74) is 5.90. The zero-order valence-corrected chi connectivity index (χ0v) is 14.5. The summed E-state index contributed by atoms with van der Waals surface area (Å²) in [5.74, 6) is 0.474. The fourth-order valence-electron chi connectivity index (χ4n) is 2.75. The van der Waals surface area contributed by atoms with Crippen LogP contribution in [0.2, 0.25) is 5.02 Å². The van der Waals surface area contributed by atoms with E-state index in [0.717, 1.165) is 22.8 Å². The Bertz CT molecular complexity index is 803. The van der Waals surface area contributed by atoms with Gasteiger partial charge in [-0.3, -0.25) is 0 Å². The van der Waals surface area contributed by atoms with E-state index in [4.69, 9.17) is 11.6 Å². The molecule has 0 spiro atoms. The minimum atomic E-state index is 0.474. The maximum Gasteiger partial charge on any atom is 0.0680 e. The van der Waals surface area contributed by atoms with E-state index in [1.165, 1.54) is 16.7 Å². The van der Waals surface area contributed by atoms with Crippen LogP contribution in [0.25, 0.3) is 16.8 Å². The van der Waals surface area contributed by atoms with Crippen molar-refractivity contribution in [2.75, 3.05) is 0 Å². The normalized spacial score (nSPS) is 12.3. The topological polar surface area (TPSA) is 17.8 Å². The van der Waals surface area contributed by atoms with Crippen molar-refractivity contribution in [3.8, 4) is 16.8 Å². The van der Waals surface area contributed by atoms with Crippen molar-refractivity contribution in [2.24, 2.45) is 0 Å². The number of aromatic nitrogens is 2. The maximum absolute atomic E-state index is 6.00. The number of halogens is 1. The second-order valence-electron chi connectivity index (χ2n) is 5.99. The second kappa shape index (κ2) is 6.59. The highest BCUT2D eigenvalue weighted by Gasteiger charge is 2.13. The Morgan fingerprint density at radius 2 is 1.74 bits per heavy atom. The predicted octanol–water partition coefficient (Wildman–Crippen LogP) is 6.01. The number of rotatable bonds is 4. The number of aryl methyl sites for hydroxylation is 1. The van der Waals surface area contributed by atoms with Crippen molar-refractivity contribution in [1.29, 1.82) is 0 Å². The highest BCUT2D eigenvalue weighted by molar-refractivity contribution is 6.30. The fourth-order valence-corrected chi connectivity index (χ4v) is 2.87. The van der Waals surface area contributed by atoms with Crippen LogP contribution in [0.15, 0.2) is 54.7 Å². The van der Waals surface area contributed by atoms with Crippen molar-refractivity contribution < 1.29 is 0 Å². The first-order chi connectivity index (χ1) is 11.1. The van der Waals surface area contributed by atoms with Gasteiger partial charge in [0.2, 0.25) is 0 Å². The Morgan fingerprint density at radius 1 is 1.04 bits per heavy atom. The van der Waals surface area contributed by atoms with Crippen molar-refractivity contribution in [3.63, 3.8) is 0 Å². The quantitative estimate of drug-likeness (QED) is 0.574. The molecule has 0 aliphatic carbocycles. The number of hydrogen-bond donors (Lipinski definition) is 0. The number of benzene rings is 2. The molecule has 2 nitrogen and oxygen atoms in total. The largest absolute Gasteiger partial charge is 0.240 e. The molecule has 0 aliphatic heterocycles. The average Bonchev–Trinajstić information content (AvgIpc) is 3.00. The molecule has 1 aromatic heterocycles. The van der Waals surface area contributed by atoms with Crippen LogP contribution in [0.4, 0.5) is 0 Å². The molecule has 0 saturated carbocycles. The Hall–Kier alpha value is -2.06. The summed E-state index contributed by atoms with van der Waals surface area (Å²) in [5, 5.41) is 5.33. The summed E-state index contributed by atoms with van der Waals surface area (Å²) in [4.78, 5) is 0. The molecule has 2 aromatic carbocycles. The SMILES string of the molecule is CCC(C)c1cc(-c2ccc(Cl)cc2)ccc1-n1ccc(C)n1. The van der Waals surface area contributed by atoms with Crippen molar-refractivity contribution >= 4 is 11.6 Å². The van der Waals surface area contributed by atoms with Gasteiger partial charge in [-0.05, 0) is 66.3 Å². The summed E-state index contributed by atoms with van der Waals surface area (Å²) in [6.45, 7) is 6.50. The molecule has 23 heavy (non-hydrogen) atoms. The third kappa shape index (κ3) is 3.32. The molecule has 0 fully saturated rings. The van der Waals surface area contributed by atoms with E-state index in [-0.39, 0.29) is 0 Å². The molecule has 0 N–H and O–H groups in total. The monoisotopic (exact) mass is 324 g/mol. The third-order valence-electron chi connectivity index (χ3n) is 4.32. The standard InChI is InChI=1S/C20H21ClN2/c1-4-14(2)19-13-17(16-5-8-18(21)9-6-16)7-10-20(19)23-12-11-15(3)22-23/h5-14H,4H2,1-3H3. The molecule has 118 valence electrons. The molecular weight excluding hydrogens is 304 g/mol. The molecule has 0 aliphatic rings. The zero-order valence-electron chi connectivity index (χ0n) is 13.8. The van der Waals surface area contributed by atoms with Crippen LogP contribution >= 0.6 is 11.6 Å². The van der Waals surface area contributed by atoms with E-state index < -0.39 is 0 Å². The van der Waals surface area contributed by atoms with E-state index in [0.29, 0.717) is 5.92 Å². The minimum absolute atomic E-state index is 0.474. The van der Waals surface area contributed by atoms with Crippen LogP contribution in [0, 0.1) is 6.92 Å². The van der Waals surface area contributed by atoms with Gasteiger partial charge >= 0.3 is 0 Å². The van der Waals surface area contributed by atoms with E-state index in [9.17, 15) is 0 Å². The van der Waals surface area contributed by atoms with E-state index in [1.807, 2.05) is 36.0 Å². The third-order valence-corrected chi connectivity index (χ3v) is 4.57. The van der Waals surface area contributed by atoms with Gasteiger partial charge < -0.3 is 0 Å². The summed E-state index contributed by atoms with van der Waals surface area (Å²) >= 11 is 6.00. The summed E-state index contributed by atoms with van der Waals surface area (Å²) < 4.78 is 1.97. The molecule has 0 radical (unpaired) electrons. The lowest BCUT2D eigenvalue weighted by molar-refractivity contribution is 0.717. The summed E-state index contributed by atoms with van der Waals surface area (Å²) in [7, 11) is 0. The van der Waals surface area contributed by atoms with Crippen molar-refractivity contribution in [1.82, 2.24) is 9.78 Å². The lowest BCUT2D eigenvalue weighted by Crippen LogP contribution is -2.04. The molecule has 1 atom stereocenters. The molecule has 3 heteroatoms. The predicted molar refractivity (Wildman–Crippen MR) is 97.5 cm³/mol. The Kier molecular flexibility index (Phi) is 4.53. The van der Waals surface area contributed by atoms with Gasteiger partial charge in [0, 0.05) is 11.2 Å². The van der Waals surface area contributed by atoms with Crippen LogP contribution < -0.4 is 0 Å². The first kappa shape index (κ1) is 15.8. The first-order valence-corrected chi connectivity index (χ1v) is 8.39. The molecule has 1 unspecified atom stereocenters. The highest BCUT2D eigenvalue weighted by Crippen LogP contribution is 2.31. The second-order valence-corrected chi connectivity index (χ2v) is 6.43. The Labute approximate surface area is 142 Å². The number of hydrogen-bond acceptors (Lipinski definition) is 1.